The summed E-state index contributed by atoms with van der Waals surface area (Å²) in [7, 11) is 0. The highest BCUT2D eigenvalue weighted by molar-refractivity contribution is 5.43. The summed E-state index contributed by atoms with van der Waals surface area (Å²) in [5.74, 6) is 0. The van der Waals surface area contributed by atoms with Gasteiger partial charge in [0, 0.05) is 0 Å². The van der Waals surface area contributed by atoms with E-state index in [4.69, 9.17) is 10.6 Å². The Balaban J connectivity index is 3.11. The van der Waals surface area contributed by atoms with Gasteiger partial charge in [0.15, 0.2) is 0 Å². The molecule has 0 amide bonds. The Morgan fingerprint density at radius 3 is 2.25 bits per heavy atom. The first-order chi connectivity index (χ1) is 1.91. The molecule has 0 spiro atoms. The predicted molar refractivity (Wildman–Crippen MR) is 12.6 cm³/mol. The molecule has 0 rings (SSSR count). The van der Waals surface area contributed by atoms with Gasteiger partial charge >= 0.3 is 0 Å². The minimum atomic E-state index is 1.11. The summed E-state index contributed by atoms with van der Waals surface area (Å²) in [6.07, 6.45) is 0. The molecule has 0 saturated heterocycles. The molecule has 0 aliphatic heterocycles. The maximum Gasteiger partial charge on any atom is -0.118 e. The van der Waals surface area contributed by atoms with Gasteiger partial charge in [-0.15, -0.1) is 6.01 Å². The first kappa shape index (κ1) is 3.18. The fourth-order valence-electron chi connectivity index (χ4n) is 0. The quantitative estimate of drug-likeness (QED) is 0.239. The van der Waals surface area contributed by atoms with E-state index in [1.807, 2.05) is 5.16 Å². The van der Waals surface area contributed by atoms with Crippen LogP contribution in [0.1, 0.15) is 0 Å². The molecule has 0 aromatic rings. The molecule has 0 fully saturated rings. The van der Waals surface area contributed by atoms with Crippen LogP contribution in [0.2, 0.25) is 0 Å². The van der Waals surface area contributed by atoms with E-state index in [2.05, 4.69) is 0 Å². The van der Waals surface area contributed by atoms with E-state index in [0.29, 0.717) is 0 Å². The van der Waals surface area contributed by atoms with Crippen LogP contribution in [0, 0.1) is 0 Å². The van der Waals surface area contributed by atoms with Crippen LogP contribution in [0.5, 0.6) is 0 Å². The van der Waals surface area contributed by atoms with Crippen molar-refractivity contribution in [1.82, 2.24) is 0 Å². The van der Waals surface area contributed by atoms with Crippen molar-refractivity contribution in [2.24, 2.45) is 5.16 Å². The Morgan fingerprint density at radius 2 is 2.25 bits per heavy atom. The second-order valence-corrected chi connectivity index (χ2v) is 0.200. The molecule has 1 N–H and O–H groups in total. The summed E-state index contributed by atoms with van der Waals surface area (Å²) >= 11 is 0. The fraction of sp³-hybridized carbons (Fsp3) is 0. The molecular weight excluding hydrogens is 56.0 g/mol. The largest absolute Gasteiger partial charge is 0.502 e. The molecule has 0 heterocycles. The zero-order valence-corrected chi connectivity index (χ0v) is 1.84. The normalized spacial score (nSPS) is 4.00. The fourth-order valence-corrected chi connectivity index (χ4v) is 0. The van der Waals surface area contributed by atoms with Crippen LogP contribution >= 0.6 is 0 Å². The Morgan fingerprint density at radius 1 is 2.00 bits per heavy atom. The van der Waals surface area contributed by atoms with Gasteiger partial charge in [-0.05, 0) is 0 Å². The Bertz CT molecular complexity index is 44.0. The lowest BCUT2D eigenvalue weighted by atomic mass is 11.6. The molecule has 0 aliphatic rings. The van der Waals surface area contributed by atoms with Crippen LogP contribution < -0.4 is 0 Å². The van der Waals surface area contributed by atoms with E-state index in [1.165, 1.54) is 0 Å². The third-order valence-electron chi connectivity index (χ3n) is 0.0447. The highest BCUT2D eigenvalue weighted by Gasteiger charge is 1.03. The van der Waals surface area contributed by atoms with Gasteiger partial charge in [0.05, 0.1) is 0 Å². The number of hydrogen-bond acceptors (Lipinski definition) is 2. The van der Waals surface area contributed by atoms with E-state index in [0.717, 1.165) is 6.01 Å². The lowest BCUT2D eigenvalue weighted by molar-refractivity contribution is 0.323. The molecule has 0 aromatic heterocycles. The van der Waals surface area contributed by atoms with Crippen molar-refractivity contribution in [2.45, 2.75) is 0 Å². The van der Waals surface area contributed by atoms with Crippen LogP contribution in [0.3, 0.4) is 0 Å². The van der Waals surface area contributed by atoms with Crippen molar-refractivity contribution in [1.29, 1.82) is 0 Å². The third kappa shape index (κ3) is 1.18. The number of nitrogens with zero attached hydrogens (tertiary/aromatic N) is 2. The Labute approximate surface area is 23.1 Å². The Hall–Kier alpha value is -0.820. The van der Waals surface area contributed by atoms with Crippen LogP contribution in [0.25, 0.3) is 5.41 Å². The minimum absolute atomic E-state index is 1.11. The predicted octanol–water partition coefficient (Wildman–Crippen LogP) is 0.119. The second kappa shape index (κ2) is 2.18. The maximum absolute atomic E-state index is 7.21. The molecule has 3 nitrogen and oxygen atoms in total. The third-order valence-corrected chi connectivity index (χ3v) is 0.0447. The molecule has 0 radical (unpaired) electrons. The smallest absolute Gasteiger partial charge is 0.118 e. The molecule has 22 valence electrons. The molecule has 0 bridgehead atoms. The van der Waals surface area contributed by atoms with Crippen LogP contribution in [0.4, 0.5) is 0 Å². The van der Waals surface area contributed by atoms with Crippen molar-refractivity contribution < 1.29 is 5.21 Å². The van der Waals surface area contributed by atoms with E-state index >= 15 is 0 Å². The number of rotatable bonds is 0. The lowest BCUT2D eigenvalue weighted by Gasteiger charge is -1.62. The van der Waals surface area contributed by atoms with Crippen molar-refractivity contribution in [2.75, 3.05) is 0 Å². The molecule has 0 saturated carbocycles. The van der Waals surface area contributed by atoms with Gasteiger partial charge in [-0.1, -0.05) is 0 Å². The SMILES string of the molecule is [N-]=C=NO. The van der Waals surface area contributed by atoms with Crippen LogP contribution in [-0.2, 0) is 0 Å². The lowest BCUT2D eigenvalue weighted by Crippen LogP contribution is -1.37. The van der Waals surface area contributed by atoms with E-state index in [9.17, 15) is 0 Å². The zero-order chi connectivity index (χ0) is 3.41. The summed E-state index contributed by atoms with van der Waals surface area (Å²) < 4.78 is 0. The van der Waals surface area contributed by atoms with Crippen LogP contribution in [0.15, 0.2) is 5.16 Å². The van der Waals surface area contributed by atoms with Crippen molar-refractivity contribution in [3.63, 3.8) is 0 Å². The molecule has 0 atom stereocenters. The number of hydrogen-bond donors (Lipinski definition) is 1. The molecule has 3 heteroatoms. The van der Waals surface area contributed by atoms with Gasteiger partial charge in [-0.3, -0.25) is 5.16 Å². The Kier molecular flexibility index (Phi) is 1.73. The van der Waals surface area contributed by atoms with E-state index in [-0.39, 0.29) is 0 Å². The summed E-state index contributed by atoms with van der Waals surface area (Å²) in [4.78, 5) is 0. The minimum Gasteiger partial charge on any atom is -0.502 e. The molecule has 0 aliphatic carbocycles. The van der Waals surface area contributed by atoms with Crippen LogP contribution in [-0.4, -0.2) is 11.2 Å². The highest BCUT2D eigenvalue weighted by Crippen LogP contribution is 1.29. The zero-order valence-electron chi connectivity index (χ0n) is 1.84. The van der Waals surface area contributed by atoms with Crippen molar-refractivity contribution in [3.8, 4) is 0 Å². The molecule has 4 heavy (non-hydrogen) atoms. The monoisotopic (exact) mass is 57.0 g/mol. The van der Waals surface area contributed by atoms with Gasteiger partial charge in [-0.25, -0.2) is 0 Å². The summed E-state index contributed by atoms with van der Waals surface area (Å²) in [5.41, 5.74) is 0. The molecule has 0 unspecified atom stereocenters. The van der Waals surface area contributed by atoms with Gasteiger partial charge in [0.1, 0.15) is 0 Å². The first-order valence-electron chi connectivity index (χ1n) is 0.647. The summed E-state index contributed by atoms with van der Waals surface area (Å²) in [6, 6.07) is 1.11. The first-order valence-corrected chi connectivity index (χ1v) is 0.647. The van der Waals surface area contributed by atoms with E-state index < -0.39 is 0 Å². The molecule has 0 aromatic carbocycles. The van der Waals surface area contributed by atoms with Crippen molar-refractivity contribution in [3.05, 3.63) is 5.41 Å². The average molecular weight is 57.0 g/mol. The molecular formula is CHN2O-. The maximum atomic E-state index is 7.21. The van der Waals surface area contributed by atoms with Gasteiger partial charge in [-0.2, -0.15) is 0 Å². The second-order valence-electron chi connectivity index (χ2n) is 0.200. The van der Waals surface area contributed by atoms with Crippen molar-refractivity contribution >= 4 is 6.01 Å². The standard InChI is InChI=1S/CHN2O/c2-1-3-4/h4H/q-1. The topological polar surface area (TPSA) is 54.9 Å². The van der Waals surface area contributed by atoms with Gasteiger partial charge in [0.2, 0.25) is 0 Å². The average Bonchev–Trinajstić information content (AvgIpc) is 1.37. The summed E-state index contributed by atoms with van der Waals surface area (Å²) in [6.45, 7) is 0. The van der Waals surface area contributed by atoms with Gasteiger partial charge in [0.25, 0.3) is 0 Å². The highest BCUT2D eigenvalue weighted by atomic mass is 16.4. The van der Waals surface area contributed by atoms with Gasteiger partial charge < -0.3 is 10.6 Å². The summed E-state index contributed by atoms with van der Waals surface area (Å²) in [5, 5.41) is 16.4. The van der Waals surface area contributed by atoms with E-state index in [1.54, 1.807) is 0 Å².